The highest BCUT2D eigenvalue weighted by Gasteiger charge is 2.29. The Morgan fingerprint density at radius 1 is 1.00 bits per heavy atom. The maximum atomic E-state index is 12.8. The molecular weight excluding hydrogens is 434 g/mol. The van der Waals surface area contributed by atoms with Crippen molar-refractivity contribution in [2.75, 3.05) is 6.61 Å². The lowest BCUT2D eigenvalue weighted by molar-refractivity contribution is -0.143. The number of nitrogens with two attached hydrogens (primary N) is 1. The fourth-order valence-corrected chi connectivity index (χ4v) is 3.08. The van der Waals surface area contributed by atoms with Crippen LogP contribution < -0.4 is 21.7 Å². The van der Waals surface area contributed by atoms with Crippen molar-refractivity contribution in [1.82, 2.24) is 20.9 Å². The summed E-state index contributed by atoms with van der Waals surface area (Å²) in [4.78, 5) is 51.8. The number of carbonyl (C=O) groups is 4. The summed E-state index contributed by atoms with van der Waals surface area (Å²) >= 11 is 0. The molecule has 33 heavy (non-hydrogen) atoms. The van der Waals surface area contributed by atoms with Gasteiger partial charge in [0, 0.05) is 23.5 Å². The monoisotopic (exact) mass is 463 g/mol. The van der Waals surface area contributed by atoms with Crippen molar-refractivity contribution in [2.24, 2.45) is 5.73 Å². The zero-order valence-corrected chi connectivity index (χ0v) is 18.2. The molecule has 2 rings (SSSR count). The van der Waals surface area contributed by atoms with Gasteiger partial charge in [-0.3, -0.25) is 14.4 Å². The Labute approximate surface area is 189 Å². The third-order valence-electron chi connectivity index (χ3n) is 5.10. The molecule has 5 unspecified atom stereocenters. The summed E-state index contributed by atoms with van der Waals surface area (Å²) in [6, 6.07) is 2.18. The van der Waals surface area contributed by atoms with Crippen LogP contribution in [0.15, 0.2) is 30.5 Å². The van der Waals surface area contributed by atoms with E-state index in [1.807, 2.05) is 24.3 Å². The first-order valence-electron chi connectivity index (χ1n) is 10.3. The van der Waals surface area contributed by atoms with Gasteiger partial charge >= 0.3 is 5.97 Å². The Kier molecular flexibility index (Phi) is 8.91. The number of aromatic nitrogens is 1. The van der Waals surface area contributed by atoms with E-state index in [0.717, 1.165) is 10.9 Å². The van der Waals surface area contributed by atoms with Crippen molar-refractivity contribution >= 4 is 34.6 Å². The molecule has 1 heterocycles. The largest absolute Gasteiger partial charge is 0.480 e. The molecule has 0 aliphatic rings. The molecule has 0 aliphatic heterocycles. The topological polar surface area (TPSA) is 207 Å². The molecular formula is C21H29N5O7. The van der Waals surface area contributed by atoms with Gasteiger partial charge in [0.25, 0.3) is 0 Å². The number of H-pyrrole nitrogens is 1. The fourth-order valence-electron chi connectivity index (χ4n) is 3.08. The average molecular weight is 463 g/mol. The number of amides is 3. The first kappa shape index (κ1) is 25.8. The Morgan fingerprint density at radius 3 is 2.24 bits per heavy atom. The van der Waals surface area contributed by atoms with E-state index in [2.05, 4.69) is 20.9 Å². The number of rotatable bonds is 11. The lowest BCUT2D eigenvalue weighted by Gasteiger charge is -2.23. The molecule has 0 bridgehead atoms. The first-order valence-corrected chi connectivity index (χ1v) is 10.3. The van der Waals surface area contributed by atoms with Gasteiger partial charge in [0.15, 0.2) is 0 Å². The van der Waals surface area contributed by atoms with Crippen LogP contribution in [-0.4, -0.2) is 80.9 Å². The average Bonchev–Trinajstić information content (AvgIpc) is 3.18. The van der Waals surface area contributed by atoms with Crippen LogP contribution in [0.25, 0.3) is 10.9 Å². The van der Waals surface area contributed by atoms with Crippen molar-refractivity contribution in [3.8, 4) is 0 Å². The lowest BCUT2D eigenvalue weighted by atomic mass is 10.0. The maximum Gasteiger partial charge on any atom is 0.328 e. The van der Waals surface area contributed by atoms with Gasteiger partial charge in [0.1, 0.15) is 24.2 Å². The van der Waals surface area contributed by atoms with Gasteiger partial charge < -0.3 is 42.0 Å². The van der Waals surface area contributed by atoms with E-state index < -0.39 is 60.6 Å². The highest BCUT2D eigenvalue weighted by molar-refractivity contribution is 5.94. The molecule has 0 aliphatic carbocycles. The molecule has 0 saturated heterocycles. The van der Waals surface area contributed by atoms with Crippen LogP contribution in [0.1, 0.15) is 19.4 Å². The van der Waals surface area contributed by atoms with Gasteiger partial charge in [0.2, 0.25) is 17.7 Å². The van der Waals surface area contributed by atoms with Crippen LogP contribution in [0, 0.1) is 0 Å². The number of aliphatic hydroxyl groups is 2. The van der Waals surface area contributed by atoms with E-state index in [0.29, 0.717) is 5.56 Å². The molecule has 12 nitrogen and oxygen atoms in total. The summed E-state index contributed by atoms with van der Waals surface area (Å²) in [6.45, 7) is 1.87. The highest BCUT2D eigenvalue weighted by atomic mass is 16.4. The molecule has 2 aromatic rings. The SMILES string of the molecule is CC(NC(=O)C(N)C(C)O)C(=O)NC(Cc1c[nH]c2ccccc12)C(=O)NC(CO)C(=O)O. The minimum atomic E-state index is -1.55. The molecule has 5 atom stereocenters. The Morgan fingerprint density at radius 2 is 1.64 bits per heavy atom. The van der Waals surface area contributed by atoms with Gasteiger partial charge in [-0.1, -0.05) is 18.2 Å². The third-order valence-corrected chi connectivity index (χ3v) is 5.10. The minimum Gasteiger partial charge on any atom is -0.480 e. The molecule has 0 spiro atoms. The Balaban J connectivity index is 2.20. The standard InChI is InChI=1S/C21H29N5O7/c1-10(24-20(31)17(22)11(2)28)18(29)25-15(19(30)26-16(9-27)21(32)33)7-12-8-23-14-6-4-3-5-13(12)14/h3-6,8,10-11,15-17,23,27-28H,7,9,22H2,1-2H3,(H,24,31)(H,25,29)(H,26,30)(H,32,33). The number of carbonyl (C=O) groups excluding carboxylic acids is 3. The van der Waals surface area contributed by atoms with Crippen molar-refractivity contribution in [3.05, 3.63) is 36.0 Å². The number of fused-ring (bicyclic) bond motifs is 1. The number of carboxylic acid groups (broad SMARTS) is 1. The molecule has 3 amide bonds. The van der Waals surface area contributed by atoms with E-state index in [1.165, 1.54) is 13.8 Å². The predicted octanol–water partition coefficient (Wildman–Crippen LogP) is -2.03. The van der Waals surface area contributed by atoms with Crippen molar-refractivity contribution in [2.45, 2.75) is 50.5 Å². The molecule has 1 aromatic heterocycles. The molecule has 0 fully saturated rings. The van der Waals surface area contributed by atoms with E-state index in [1.54, 1.807) is 6.20 Å². The lowest BCUT2D eigenvalue weighted by Crippen LogP contribution is -2.58. The highest BCUT2D eigenvalue weighted by Crippen LogP contribution is 2.19. The molecule has 12 heteroatoms. The summed E-state index contributed by atoms with van der Waals surface area (Å²) in [5.74, 6) is -3.74. The molecule has 1 aromatic carbocycles. The summed E-state index contributed by atoms with van der Waals surface area (Å²) in [5, 5.41) is 35.6. The van der Waals surface area contributed by atoms with Gasteiger partial charge in [-0.25, -0.2) is 4.79 Å². The molecule has 180 valence electrons. The van der Waals surface area contributed by atoms with Gasteiger partial charge in [-0.2, -0.15) is 0 Å². The second kappa shape index (κ2) is 11.4. The molecule has 0 saturated carbocycles. The number of nitrogens with one attached hydrogen (secondary N) is 4. The van der Waals surface area contributed by atoms with E-state index in [4.69, 9.17) is 10.8 Å². The molecule has 9 N–H and O–H groups in total. The van der Waals surface area contributed by atoms with Crippen LogP contribution in [0.4, 0.5) is 0 Å². The second-order valence-electron chi connectivity index (χ2n) is 7.70. The van der Waals surface area contributed by atoms with Crippen LogP contribution in [-0.2, 0) is 25.6 Å². The summed E-state index contributed by atoms with van der Waals surface area (Å²) in [6.07, 6.45) is 0.546. The number of aliphatic hydroxyl groups excluding tert-OH is 2. The zero-order valence-electron chi connectivity index (χ0n) is 18.2. The number of aliphatic carboxylic acids is 1. The maximum absolute atomic E-state index is 12.8. The number of carboxylic acids is 1. The van der Waals surface area contributed by atoms with Crippen molar-refractivity contribution in [1.29, 1.82) is 0 Å². The van der Waals surface area contributed by atoms with Gasteiger partial charge in [-0.15, -0.1) is 0 Å². The Bertz CT molecular complexity index is 1010. The van der Waals surface area contributed by atoms with Crippen molar-refractivity contribution in [3.63, 3.8) is 0 Å². The fraction of sp³-hybridized carbons (Fsp3) is 0.429. The molecule has 0 radical (unpaired) electrons. The number of hydrogen-bond acceptors (Lipinski definition) is 7. The van der Waals surface area contributed by atoms with Crippen LogP contribution in [0.5, 0.6) is 0 Å². The van der Waals surface area contributed by atoms with Crippen LogP contribution in [0.2, 0.25) is 0 Å². The van der Waals surface area contributed by atoms with E-state index in [9.17, 15) is 29.4 Å². The quantitative estimate of drug-likeness (QED) is 0.186. The second-order valence-corrected chi connectivity index (χ2v) is 7.70. The van der Waals surface area contributed by atoms with E-state index in [-0.39, 0.29) is 6.42 Å². The van der Waals surface area contributed by atoms with Crippen LogP contribution in [0.3, 0.4) is 0 Å². The summed E-state index contributed by atoms with van der Waals surface area (Å²) in [7, 11) is 0. The number of benzene rings is 1. The minimum absolute atomic E-state index is 0.00715. The van der Waals surface area contributed by atoms with Crippen molar-refractivity contribution < 1.29 is 34.5 Å². The van der Waals surface area contributed by atoms with Crippen LogP contribution >= 0.6 is 0 Å². The first-order chi connectivity index (χ1) is 15.5. The predicted molar refractivity (Wildman–Crippen MR) is 118 cm³/mol. The summed E-state index contributed by atoms with van der Waals surface area (Å²) in [5.41, 5.74) is 7.06. The van der Waals surface area contributed by atoms with Gasteiger partial charge in [-0.05, 0) is 25.5 Å². The summed E-state index contributed by atoms with van der Waals surface area (Å²) < 4.78 is 0. The number of para-hydroxylation sites is 1. The van der Waals surface area contributed by atoms with Gasteiger partial charge in [0.05, 0.1) is 12.7 Å². The normalized spacial score (nSPS) is 15.7. The Hall–Kier alpha value is -3.48. The third kappa shape index (κ3) is 6.75. The number of aromatic amines is 1. The number of hydrogen-bond donors (Lipinski definition) is 8. The van der Waals surface area contributed by atoms with E-state index >= 15 is 0 Å². The smallest absolute Gasteiger partial charge is 0.328 e. The zero-order chi connectivity index (χ0) is 24.7.